The maximum atomic E-state index is 12.6. The summed E-state index contributed by atoms with van der Waals surface area (Å²) < 4.78 is 5.27. The zero-order chi connectivity index (χ0) is 17.8. The van der Waals surface area contributed by atoms with Crippen molar-refractivity contribution in [3.8, 4) is 0 Å². The highest BCUT2D eigenvalue weighted by atomic mass is 16.5. The summed E-state index contributed by atoms with van der Waals surface area (Å²) in [4.78, 5) is 29.0. The SMILES string of the molecule is C[C@H](NC(=O)[C@H](C)N1CCc2ccccc2C1)C(=O)N1CCOCC1. The molecule has 2 aliphatic rings. The molecule has 0 saturated carbocycles. The summed E-state index contributed by atoms with van der Waals surface area (Å²) in [6, 6.07) is 7.61. The highest BCUT2D eigenvalue weighted by molar-refractivity contribution is 5.89. The molecule has 2 aliphatic heterocycles. The van der Waals surface area contributed by atoms with Gasteiger partial charge < -0.3 is 15.0 Å². The van der Waals surface area contributed by atoms with Gasteiger partial charge in [0.15, 0.2) is 0 Å². The number of rotatable bonds is 4. The molecule has 1 fully saturated rings. The Labute approximate surface area is 149 Å². The third-order valence-corrected chi connectivity index (χ3v) is 5.14. The summed E-state index contributed by atoms with van der Waals surface area (Å²) in [6.07, 6.45) is 0.954. The van der Waals surface area contributed by atoms with Crippen LogP contribution in [-0.2, 0) is 27.3 Å². The lowest BCUT2D eigenvalue weighted by molar-refractivity contribution is -0.140. The van der Waals surface area contributed by atoms with Gasteiger partial charge in [-0.3, -0.25) is 14.5 Å². The van der Waals surface area contributed by atoms with Crippen LogP contribution in [-0.4, -0.2) is 66.5 Å². The lowest BCUT2D eigenvalue weighted by Gasteiger charge is -2.34. The molecule has 6 nitrogen and oxygen atoms in total. The fourth-order valence-electron chi connectivity index (χ4n) is 3.47. The predicted octanol–water partition coefficient (Wildman–Crippen LogP) is 0.797. The monoisotopic (exact) mass is 345 g/mol. The van der Waals surface area contributed by atoms with Crippen molar-refractivity contribution in [3.05, 3.63) is 35.4 Å². The van der Waals surface area contributed by atoms with E-state index in [0.717, 1.165) is 19.5 Å². The highest BCUT2D eigenvalue weighted by Gasteiger charge is 2.29. The molecule has 6 heteroatoms. The first kappa shape index (κ1) is 17.9. The van der Waals surface area contributed by atoms with Crippen LogP contribution in [0.1, 0.15) is 25.0 Å². The maximum absolute atomic E-state index is 12.6. The van der Waals surface area contributed by atoms with Crippen molar-refractivity contribution in [2.24, 2.45) is 0 Å². The molecule has 1 saturated heterocycles. The molecule has 1 aromatic rings. The molecule has 0 spiro atoms. The molecule has 0 unspecified atom stereocenters. The first-order valence-corrected chi connectivity index (χ1v) is 9.04. The fraction of sp³-hybridized carbons (Fsp3) is 0.579. The Hall–Kier alpha value is -1.92. The van der Waals surface area contributed by atoms with E-state index in [0.29, 0.717) is 26.3 Å². The zero-order valence-electron chi connectivity index (χ0n) is 15.0. The molecule has 0 aliphatic carbocycles. The molecule has 2 amide bonds. The van der Waals surface area contributed by atoms with Crippen molar-refractivity contribution in [1.82, 2.24) is 15.1 Å². The van der Waals surface area contributed by atoms with Gasteiger partial charge in [0.05, 0.1) is 19.3 Å². The van der Waals surface area contributed by atoms with E-state index in [2.05, 4.69) is 28.4 Å². The second-order valence-electron chi connectivity index (χ2n) is 6.83. The van der Waals surface area contributed by atoms with Crippen LogP contribution in [0, 0.1) is 0 Å². The molecule has 2 atom stereocenters. The number of morpholine rings is 1. The number of carbonyl (C=O) groups excluding carboxylic acids is 2. The van der Waals surface area contributed by atoms with Crippen LogP contribution >= 0.6 is 0 Å². The number of ether oxygens (including phenoxy) is 1. The van der Waals surface area contributed by atoms with E-state index in [-0.39, 0.29) is 17.9 Å². The van der Waals surface area contributed by atoms with Gasteiger partial charge in [0.25, 0.3) is 0 Å². The fourth-order valence-corrected chi connectivity index (χ4v) is 3.47. The molecule has 25 heavy (non-hydrogen) atoms. The molecule has 0 aromatic heterocycles. The lowest BCUT2D eigenvalue weighted by Crippen LogP contribution is -2.54. The van der Waals surface area contributed by atoms with Crippen LogP contribution in [0.5, 0.6) is 0 Å². The van der Waals surface area contributed by atoms with E-state index in [1.807, 2.05) is 13.0 Å². The van der Waals surface area contributed by atoms with Crippen LogP contribution in [0.2, 0.25) is 0 Å². The van der Waals surface area contributed by atoms with Crippen molar-refractivity contribution in [3.63, 3.8) is 0 Å². The lowest BCUT2D eigenvalue weighted by atomic mass is 9.98. The quantitative estimate of drug-likeness (QED) is 0.877. The van der Waals surface area contributed by atoms with Crippen LogP contribution in [0.15, 0.2) is 24.3 Å². The molecule has 0 bridgehead atoms. The van der Waals surface area contributed by atoms with Gasteiger partial charge in [0.2, 0.25) is 11.8 Å². The summed E-state index contributed by atoms with van der Waals surface area (Å²) in [5.74, 6) is -0.124. The largest absolute Gasteiger partial charge is 0.378 e. The van der Waals surface area contributed by atoms with Gasteiger partial charge in [0, 0.05) is 26.2 Å². The predicted molar refractivity (Wildman–Crippen MR) is 95.0 cm³/mol. The normalized spacial score (nSPS) is 20.5. The van der Waals surface area contributed by atoms with Gasteiger partial charge in [-0.25, -0.2) is 0 Å². The smallest absolute Gasteiger partial charge is 0.245 e. The number of hydrogen-bond donors (Lipinski definition) is 1. The number of nitrogens with one attached hydrogen (secondary N) is 1. The standard InChI is InChI=1S/C19H27N3O3/c1-14(19(24)21-9-11-25-12-10-21)20-18(23)15(2)22-8-7-16-5-3-4-6-17(16)13-22/h3-6,14-15H,7-13H2,1-2H3,(H,20,23)/t14-,15-/m0/s1. The number of carbonyl (C=O) groups is 2. The Kier molecular flexibility index (Phi) is 5.71. The minimum Gasteiger partial charge on any atom is -0.378 e. The molecule has 1 aromatic carbocycles. The number of fused-ring (bicyclic) bond motifs is 1. The Morgan fingerprint density at radius 3 is 2.48 bits per heavy atom. The molecular formula is C19H27N3O3. The van der Waals surface area contributed by atoms with Crippen molar-refractivity contribution in [2.75, 3.05) is 32.8 Å². The third-order valence-electron chi connectivity index (χ3n) is 5.14. The van der Waals surface area contributed by atoms with E-state index in [9.17, 15) is 9.59 Å². The van der Waals surface area contributed by atoms with Gasteiger partial charge in [-0.1, -0.05) is 24.3 Å². The second kappa shape index (κ2) is 7.97. The van der Waals surface area contributed by atoms with Crippen molar-refractivity contribution >= 4 is 11.8 Å². The Morgan fingerprint density at radius 1 is 1.08 bits per heavy atom. The van der Waals surface area contributed by atoms with Crippen molar-refractivity contribution < 1.29 is 14.3 Å². The van der Waals surface area contributed by atoms with Gasteiger partial charge in [0.1, 0.15) is 6.04 Å². The summed E-state index contributed by atoms with van der Waals surface area (Å²) in [5, 5.41) is 2.89. The third kappa shape index (κ3) is 4.19. The first-order valence-electron chi connectivity index (χ1n) is 9.04. The van der Waals surface area contributed by atoms with Gasteiger partial charge in [-0.15, -0.1) is 0 Å². The van der Waals surface area contributed by atoms with Gasteiger partial charge in [-0.2, -0.15) is 0 Å². The highest BCUT2D eigenvalue weighted by Crippen LogP contribution is 2.20. The summed E-state index contributed by atoms with van der Waals surface area (Å²) in [7, 11) is 0. The minimum atomic E-state index is -0.509. The van der Waals surface area contributed by atoms with E-state index < -0.39 is 6.04 Å². The number of amides is 2. The number of nitrogens with zero attached hydrogens (tertiary/aromatic N) is 2. The van der Waals surface area contributed by atoms with E-state index in [1.165, 1.54) is 11.1 Å². The number of benzene rings is 1. The molecule has 136 valence electrons. The number of hydrogen-bond acceptors (Lipinski definition) is 4. The average molecular weight is 345 g/mol. The van der Waals surface area contributed by atoms with Gasteiger partial charge >= 0.3 is 0 Å². The van der Waals surface area contributed by atoms with Crippen LogP contribution in [0.25, 0.3) is 0 Å². The molecule has 0 radical (unpaired) electrons. The van der Waals surface area contributed by atoms with Crippen molar-refractivity contribution in [2.45, 2.75) is 38.9 Å². The first-order chi connectivity index (χ1) is 12.1. The Morgan fingerprint density at radius 2 is 1.76 bits per heavy atom. The molecular weight excluding hydrogens is 318 g/mol. The zero-order valence-corrected chi connectivity index (χ0v) is 15.0. The minimum absolute atomic E-state index is 0.0344. The second-order valence-corrected chi connectivity index (χ2v) is 6.83. The summed E-state index contributed by atoms with van der Waals surface area (Å²) in [5.41, 5.74) is 2.65. The molecule has 2 heterocycles. The van der Waals surface area contributed by atoms with Gasteiger partial charge in [-0.05, 0) is 31.4 Å². The van der Waals surface area contributed by atoms with Crippen molar-refractivity contribution in [1.29, 1.82) is 0 Å². The maximum Gasteiger partial charge on any atom is 0.245 e. The summed E-state index contributed by atoms with van der Waals surface area (Å²) in [6.45, 7) is 7.62. The Bertz CT molecular complexity index is 628. The Balaban J connectivity index is 1.54. The van der Waals surface area contributed by atoms with E-state index in [1.54, 1.807) is 11.8 Å². The van der Waals surface area contributed by atoms with Crippen LogP contribution in [0.4, 0.5) is 0 Å². The average Bonchev–Trinajstić information content (AvgIpc) is 2.67. The molecule has 3 rings (SSSR count). The summed E-state index contributed by atoms with van der Waals surface area (Å²) >= 11 is 0. The molecule has 1 N–H and O–H groups in total. The van der Waals surface area contributed by atoms with Crippen LogP contribution in [0.3, 0.4) is 0 Å². The van der Waals surface area contributed by atoms with E-state index in [4.69, 9.17) is 4.74 Å². The topological polar surface area (TPSA) is 61.9 Å². The van der Waals surface area contributed by atoms with Crippen LogP contribution < -0.4 is 5.32 Å². The van der Waals surface area contributed by atoms with E-state index >= 15 is 0 Å².